The van der Waals surface area contributed by atoms with E-state index in [1.165, 1.54) is 12.1 Å². The molecule has 1 heterocycles. The van der Waals surface area contributed by atoms with Crippen LogP contribution in [-0.4, -0.2) is 11.5 Å². The molecule has 18 heavy (non-hydrogen) atoms. The summed E-state index contributed by atoms with van der Waals surface area (Å²) in [6.45, 7) is 4.19. The topological polar surface area (TPSA) is 34.1 Å². The van der Waals surface area contributed by atoms with Gasteiger partial charge in [0.25, 0.3) is 0 Å². The molecule has 0 unspecified atom stereocenters. The van der Waals surface area contributed by atoms with Gasteiger partial charge in [-0.2, -0.15) is 0 Å². The molecule has 0 atom stereocenters. The van der Waals surface area contributed by atoms with Crippen molar-refractivity contribution in [1.82, 2.24) is 10.3 Å². The molecule has 0 spiro atoms. The summed E-state index contributed by atoms with van der Waals surface area (Å²) >= 11 is 1.57. The van der Waals surface area contributed by atoms with Crippen LogP contribution in [0.5, 0.6) is 5.75 Å². The summed E-state index contributed by atoms with van der Waals surface area (Å²) in [5, 5.41) is 6.16. The Morgan fingerprint density at radius 1 is 1.33 bits per heavy atom. The first-order valence-corrected chi connectivity index (χ1v) is 6.68. The maximum Gasteiger partial charge on any atom is 0.140 e. The summed E-state index contributed by atoms with van der Waals surface area (Å²) in [5.74, 6) is 0.393. The zero-order valence-electron chi connectivity index (χ0n) is 10.1. The largest absolute Gasteiger partial charge is 0.486 e. The van der Waals surface area contributed by atoms with Gasteiger partial charge in [0.1, 0.15) is 23.2 Å². The van der Waals surface area contributed by atoms with Crippen LogP contribution in [0.2, 0.25) is 0 Å². The van der Waals surface area contributed by atoms with E-state index in [1.54, 1.807) is 23.5 Å². The van der Waals surface area contributed by atoms with Gasteiger partial charge in [-0.3, -0.25) is 0 Å². The lowest BCUT2D eigenvalue weighted by molar-refractivity contribution is 0.305. The highest BCUT2D eigenvalue weighted by atomic mass is 32.1. The van der Waals surface area contributed by atoms with E-state index in [0.29, 0.717) is 12.4 Å². The van der Waals surface area contributed by atoms with E-state index in [9.17, 15) is 4.39 Å². The molecule has 3 nitrogen and oxygen atoms in total. The van der Waals surface area contributed by atoms with Crippen molar-refractivity contribution in [2.75, 3.05) is 6.54 Å². The summed E-state index contributed by atoms with van der Waals surface area (Å²) < 4.78 is 18.2. The minimum atomic E-state index is -0.260. The van der Waals surface area contributed by atoms with Gasteiger partial charge in [0.15, 0.2) is 0 Å². The second kappa shape index (κ2) is 6.47. The van der Waals surface area contributed by atoms with Crippen LogP contribution in [0.4, 0.5) is 4.39 Å². The molecule has 0 fully saturated rings. The Morgan fingerprint density at radius 3 is 2.83 bits per heavy atom. The molecule has 1 aromatic carbocycles. The van der Waals surface area contributed by atoms with Crippen LogP contribution in [0.1, 0.15) is 17.6 Å². The number of hydrogen-bond donors (Lipinski definition) is 1. The van der Waals surface area contributed by atoms with Crippen LogP contribution in [-0.2, 0) is 13.2 Å². The Morgan fingerprint density at radius 2 is 2.11 bits per heavy atom. The van der Waals surface area contributed by atoms with Crippen LogP contribution in [0.15, 0.2) is 29.6 Å². The SMILES string of the molecule is CCNCc1csc(COc2ccc(F)cc2)n1. The number of rotatable bonds is 6. The van der Waals surface area contributed by atoms with E-state index in [4.69, 9.17) is 4.74 Å². The average molecular weight is 266 g/mol. The Labute approximate surface area is 110 Å². The number of aromatic nitrogens is 1. The zero-order chi connectivity index (χ0) is 12.8. The molecular formula is C13H15FN2OS. The number of nitrogens with zero attached hydrogens (tertiary/aromatic N) is 1. The first-order valence-electron chi connectivity index (χ1n) is 5.80. The van der Waals surface area contributed by atoms with Gasteiger partial charge in [-0.15, -0.1) is 11.3 Å². The molecule has 0 saturated heterocycles. The van der Waals surface area contributed by atoms with E-state index >= 15 is 0 Å². The third kappa shape index (κ3) is 3.78. The second-order valence-corrected chi connectivity index (χ2v) is 4.70. The van der Waals surface area contributed by atoms with Crippen LogP contribution in [0.3, 0.4) is 0 Å². The molecule has 1 N–H and O–H groups in total. The summed E-state index contributed by atoms with van der Waals surface area (Å²) in [4.78, 5) is 4.44. The minimum Gasteiger partial charge on any atom is -0.486 e. The molecule has 0 bridgehead atoms. The molecule has 1 aromatic heterocycles. The molecule has 0 aliphatic carbocycles. The van der Waals surface area contributed by atoms with Gasteiger partial charge in [-0.25, -0.2) is 9.37 Å². The highest BCUT2D eigenvalue weighted by Gasteiger charge is 2.02. The van der Waals surface area contributed by atoms with Gasteiger partial charge < -0.3 is 10.1 Å². The number of nitrogens with one attached hydrogen (secondary N) is 1. The first kappa shape index (κ1) is 13.0. The fourth-order valence-electron chi connectivity index (χ4n) is 1.43. The first-order chi connectivity index (χ1) is 8.78. The van der Waals surface area contributed by atoms with Gasteiger partial charge in [0.05, 0.1) is 5.69 Å². The Kier molecular flexibility index (Phi) is 4.66. The lowest BCUT2D eigenvalue weighted by atomic mass is 10.3. The monoisotopic (exact) mass is 266 g/mol. The molecule has 0 radical (unpaired) electrons. The average Bonchev–Trinajstić information content (AvgIpc) is 2.84. The van der Waals surface area contributed by atoms with Gasteiger partial charge in [-0.1, -0.05) is 6.92 Å². The quantitative estimate of drug-likeness (QED) is 0.873. The van der Waals surface area contributed by atoms with E-state index < -0.39 is 0 Å². The number of benzene rings is 1. The Hall–Kier alpha value is -1.46. The summed E-state index contributed by atoms with van der Waals surface area (Å²) in [6.07, 6.45) is 0. The highest BCUT2D eigenvalue weighted by molar-refractivity contribution is 7.09. The number of ether oxygens (including phenoxy) is 1. The van der Waals surface area contributed by atoms with E-state index in [2.05, 4.69) is 17.2 Å². The van der Waals surface area contributed by atoms with Gasteiger partial charge >= 0.3 is 0 Å². The highest BCUT2D eigenvalue weighted by Crippen LogP contribution is 2.15. The van der Waals surface area contributed by atoms with Crippen molar-refractivity contribution >= 4 is 11.3 Å². The fourth-order valence-corrected chi connectivity index (χ4v) is 2.13. The van der Waals surface area contributed by atoms with Crippen LogP contribution in [0.25, 0.3) is 0 Å². The third-order valence-corrected chi connectivity index (χ3v) is 3.20. The van der Waals surface area contributed by atoms with E-state index in [0.717, 1.165) is 23.8 Å². The minimum absolute atomic E-state index is 0.260. The molecule has 2 rings (SSSR count). The predicted molar refractivity (Wildman–Crippen MR) is 70.2 cm³/mol. The van der Waals surface area contributed by atoms with Crippen molar-refractivity contribution in [1.29, 1.82) is 0 Å². The normalized spacial score (nSPS) is 10.6. The van der Waals surface area contributed by atoms with Crippen molar-refractivity contribution in [3.63, 3.8) is 0 Å². The maximum atomic E-state index is 12.7. The summed E-state index contributed by atoms with van der Waals surface area (Å²) in [7, 11) is 0. The summed E-state index contributed by atoms with van der Waals surface area (Å²) in [6, 6.07) is 5.99. The molecular weight excluding hydrogens is 251 g/mol. The molecule has 0 amide bonds. The zero-order valence-corrected chi connectivity index (χ0v) is 11.0. The number of halogens is 1. The molecule has 0 aliphatic heterocycles. The van der Waals surface area contributed by atoms with Crippen LogP contribution in [0, 0.1) is 5.82 Å². The molecule has 0 aliphatic rings. The van der Waals surface area contributed by atoms with Crippen molar-refractivity contribution < 1.29 is 9.13 Å². The van der Waals surface area contributed by atoms with Crippen molar-refractivity contribution in [2.45, 2.75) is 20.1 Å². The van der Waals surface area contributed by atoms with Gasteiger partial charge in [0, 0.05) is 11.9 Å². The lowest BCUT2D eigenvalue weighted by Gasteiger charge is -2.03. The molecule has 2 aromatic rings. The maximum absolute atomic E-state index is 12.7. The smallest absolute Gasteiger partial charge is 0.140 e. The Balaban J connectivity index is 1.86. The number of thiazole rings is 1. The van der Waals surface area contributed by atoms with Crippen molar-refractivity contribution in [3.05, 3.63) is 46.2 Å². The number of hydrogen-bond acceptors (Lipinski definition) is 4. The van der Waals surface area contributed by atoms with Crippen molar-refractivity contribution in [2.24, 2.45) is 0 Å². The van der Waals surface area contributed by atoms with Crippen LogP contribution >= 0.6 is 11.3 Å². The predicted octanol–water partition coefficient (Wildman–Crippen LogP) is 2.97. The molecule has 96 valence electrons. The fraction of sp³-hybridized carbons (Fsp3) is 0.308. The lowest BCUT2D eigenvalue weighted by Crippen LogP contribution is -2.12. The van der Waals surface area contributed by atoms with E-state index in [-0.39, 0.29) is 5.82 Å². The van der Waals surface area contributed by atoms with Crippen LogP contribution < -0.4 is 10.1 Å². The van der Waals surface area contributed by atoms with Gasteiger partial charge in [0.2, 0.25) is 0 Å². The Bertz CT molecular complexity index is 484. The van der Waals surface area contributed by atoms with Crippen molar-refractivity contribution in [3.8, 4) is 5.75 Å². The standard InChI is InChI=1S/C13H15FN2OS/c1-2-15-7-11-9-18-13(16-11)8-17-12-5-3-10(14)4-6-12/h3-6,9,15H,2,7-8H2,1H3. The third-order valence-electron chi connectivity index (χ3n) is 2.33. The molecule has 5 heteroatoms. The second-order valence-electron chi connectivity index (χ2n) is 3.76. The summed E-state index contributed by atoms with van der Waals surface area (Å²) in [5.41, 5.74) is 1.03. The van der Waals surface area contributed by atoms with Gasteiger partial charge in [-0.05, 0) is 30.8 Å². The van der Waals surface area contributed by atoms with E-state index in [1.807, 2.05) is 5.38 Å². The molecule has 0 saturated carbocycles.